The molecule has 1 aromatic rings. The molecule has 0 spiro atoms. The number of carbonyl (C=O) groups is 2. The Morgan fingerprint density at radius 3 is 2.64 bits per heavy atom. The molecule has 0 aliphatic carbocycles. The fourth-order valence-electron chi connectivity index (χ4n) is 3.93. The number of primary amides is 1. The van der Waals surface area contributed by atoms with Gasteiger partial charge in [0.2, 0.25) is 11.8 Å². The van der Waals surface area contributed by atoms with Crippen LogP contribution in [0.2, 0.25) is 0 Å². The first-order chi connectivity index (χ1) is 12.1. The molecule has 0 saturated carbocycles. The van der Waals surface area contributed by atoms with Gasteiger partial charge in [0, 0.05) is 25.0 Å². The number of carbonyl (C=O) groups excluding carboxylic acids is 2. The van der Waals surface area contributed by atoms with Crippen LogP contribution in [0, 0.1) is 5.92 Å². The summed E-state index contributed by atoms with van der Waals surface area (Å²) in [6.45, 7) is 2.63. The number of benzene rings is 1. The zero-order valence-electron chi connectivity index (χ0n) is 14.8. The second-order valence-corrected chi connectivity index (χ2v) is 6.96. The summed E-state index contributed by atoms with van der Waals surface area (Å²) < 4.78 is 5.32. The molecule has 0 bridgehead atoms. The van der Waals surface area contributed by atoms with E-state index < -0.39 is 0 Å². The highest BCUT2D eigenvalue weighted by atomic mass is 16.5. The van der Waals surface area contributed by atoms with Crippen LogP contribution in [0.3, 0.4) is 0 Å². The van der Waals surface area contributed by atoms with Gasteiger partial charge in [-0.1, -0.05) is 12.1 Å². The number of piperidine rings is 1. The normalized spacial score (nSPS) is 22.1. The van der Waals surface area contributed by atoms with E-state index in [9.17, 15) is 9.59 Å². The summed E-state index contributed by atoms with van der Waals surface area (Å²) in [6.07, 6.45) is 3.52. The number of amides is 2. The Hall–Kier alpha value is -2.08. The maximum absolute atomic E-state index is 12.7. The van der Waals surface area contributed by atoms with Crippen LogP contribution in [-0.2, 0) is 9.59 Å². The number of hydrogen-bond donors (Lipinski definition) is 1. The summed E-state index contributed by atoms with van der Waals surface area (Å²) in [5.74, 6) is 0.673. The third kappa shape index (κ3) is 4.12. The van der Waals surface area contributed by atoms with Crippen LogP contribution in [0.5, 0.6) is 5.75 Å². The highest BCUT2D eigenvalue weighted by Crippen LogP contribution is 2.33. The molecule has 1 unspecified atom stereocenters. The van der Waals surface area contributed by atoms with E-state index >= 15 is 0 Å². The van der Waals surface area contributed by atoms with Crippen LogP contribution in [0.4, 0.5) is 0 Å². The number of ether oxygens (including phenoxy) is 1. The maximum Gasteiger partial charge on any atom is 0.236 e. The lowest BCUT2D eigenvalue weighted by Crippen LogP contribution is -2.45. The van der Waals surface area contributed by atoms with Crippen molar-refractivity contribution in [1.82, 2.24) is 9.80 Å². The average molecular weight is 345 g/mol. The summed E-state index contributed by atoms with van der Waals surface area (Å²) in [5, 5.41) is 0. The topological polar surface area (TPSA) is 75.9 Å². The minimum absolute atomic E-state index is 0.0830. The van der Waals surface area contributed by atoms with Crippen molar-refractivity contribution in [2.75, 3.05) is 33.3 Å². The molecule has 2 amide bonds. The molecule has 1 atom stereocenters. The van der Waals surface area contributed by atoms with Crippen LogP contribution in [-0.4, -0.2) is 54.9 Å². The zero-order valence-corrected chi connectivity index (χ0v) is 14.8. The number of rotatable bonds is 5. The first kappa shape index (κ1) is 17.7. The maximum atomic E-state index is 12.7. The quantitative estimate of drug-likeness (QED) is 0.879. The van der Waals surface area contributed by atoms with E-state index in [1.165, 1.54) is 5.56 Å². The third-order valence-corrected chi connectivity index (χ3v) is 5.43. The predicted molar refractivity (Wildman–Crippen MR) is 95.0 cm³/mol. The number of hydrogen-bond acceptors (Lipinski definition) is 4. The van der Waals surface area contributed by atoms with Crippen molar-refractivity contribution >= 4 is 11.8 Å². The van der Waals surface area contributed by atoms with Crippen LogP contribution in [0.1, 0.15) is 37.3 Å². The van der Waals surface area contributed by atoms with Gasteiger partial charge in [-0.15, -0.1) is 0 Å². The monoisotopic (exact) mass is 345 g/mol. The lowest BCUT2D eigenvalue weighted by molar-refractivity contribution is -0.136. The Bertz CT molecular complexity index is 626. The van der Waals surface area contributed by atoms with Crippen molar-refractivity contribution in [3.8, 4) is 5.75 Å². The van der Waals surface area contributed by atoms with Gasteiger partial charge in [0.15, 0.2) is 0 Å². The highest BCUT2D eigenvalue weighted by Gasteiger charge is 2.31. The molecule has 2 saturated heterocycles. The van der Waals surface area contributed by atoms with E-state index in [1.54, 1.807) is 7.11 Å². The standard InChI is InChI=1S/C19H27N3O3/c1-25-16-5-2-4-15(12-16)17-6-3-9-22(17)13-18(23)21-10-7-14(8-11-21)19(20)24/h2,4-5,12,14,17H,3,6-11,13H2,1H3,(H2,20,24). The van der Waals surface area contributed by atoms with Gasteiger partial charge in [0.05, 0.1) is 13.7 Å². The van der Waals surface area contributed by atoms with Gasteiger partial charge >= 0.3 is 0 Å². The molecular weight excluding hydrogens is 318 g/mol. The van der Waals surface area contributed by atoms with Crippen molar-refractivity contribution in [3.63, 3.8) is 0 Å². The Morgan fingerprint density at radius 1 is 1.20 bits per heavy atom. The Morgan fingerprint density at radius 2 is 1.96 bits per heavy atom. The van der Waals surface area contributed by atoms with Gasteiger partial charge in [-0.2, -0.15) is 0 Å². The van der Waals surface area contributed by atoms with Crippen LogP contribution >= 0.6 is 0 Å². The minimum atomic E-state index is -0.246. The predicted octanol–water partition coefficient (Wildman–Crippen LogP) is 1.56. The fourth-order valence-corrected chi connectivity index (χ4v) is 3.93. The second kappa shape index (κ2) is 7.87. The molecule has 2 aliphatic rings. The second-order valence-electron chi connectivity index (χ2n) is 6.96. The number of methoxy groups -OCH3 is 1. The molecule has 6 nitrogen and oxygen atoms in total. The summed E-state index contributed by atoms with van der Waals surface area (Å²) in [5.41, 5.74) is 6.57. The highest BCUT2D eigenvalue weighted by molar-refractivity contribution is 5.80. The smallest absolute Gasteiger partial charge is 0.236 e. The molecule has 25 heavy (non-hydrogen) atoms. The number of nitrogens with zero attached hydrogens (tertiary/aromatic N) is 2. The van der Waals surface area contributed by atoms with E-state index in [0.717, 1.165) is 25.1 Å². The molecule has 1 aromatic carbocycles. The Labute approximate surface area is 148 Å². The van der Waals surface area contributed by atoms with Crippen LogP contribution in [0.25, 0.3) is 0 Å². The van der Waals surface area contributed by atoms with Gasteiger partial charge in [0.25, 0.3) is 0 Å². The van der Waals surface area contributed by atoms with Crippen LogP contribution in [0.15, 0.2) is 24.3 Å². The number of nitrogens with two attached hydrogens (primary N) is 1. The Kier molecular flexibility index (Phi) is 5.58. The van der Waals surface area contributed by atoms with Crippen molar-refractivity contribution in [3.05, 3.63) is 29.8 Å². The van der Waals surface area contributed by atoms with E-state index in [1.807, 2.05) is 17.0 Å². The molecule has 2 fully saturated rings. The molecule has 2 aliphatic heterocycles. The lowest BCUT2D eigenvalue weighted by Gasteiger charge is -2.33. The summed E-state index contributed by atoms with van der Waals surface area (Å²) in [4.78, 5) is 28.1. The van der Waals surface area contributed by atoms with Gasteiger partial charge in [-0.3, -0.25) is 14.5 Å². The first-order valence-electron chi connectivity index (χ1n) is 9.03. The van der Waals surface area contributed by atoms with E-state index in [2.05, 4.69) is 17.0 Å². The molecule has 2 heterocycles. The van der Waals surface area contributed by atoms with Gasteiger partial charge in [-0.25, -0.2) is 0 Å². The van der Waals surface area contributed by atoms with Gasteiger partial charge in [-0.05, 0) is 49.9 Å². The summed E-state index contributed by atoms with van der Waals surface area (Å²) >= 11 is 0. The van der Waals surface area contributed by atoms with E-state index in [-0.39, 0.29) is 23.8 Å². The van der Waals surface area contributed by atoms with Crippen molar-refractivity contribution in [2.24, 2.45) is 11.7 Å². The van der Waals surface area contributed by atoms with Crippen molar-refractivity contribution in [1.29, 1.82) is 0 Å². The number of likely N-dealkylation sites (tertiary alicyclic amines) is 2. The zero-order chi connectivity index (χ0) is 17.8. The first-order valence-corrected chi connectivity index (χ1v) is 9.03. The van der Waals surface area contributed by atoms with E-state index in [4.69, 9.17) is 10.5 Å². The fraction of sp³-hybridized carbons (Fsp3) is 0.579. The molecule has 136 valence electrons. The Balaban J connectivity index is 1.60. The molecule has 6 heteroatoms. The van der Waals surface area contributed by atoms with Crippen molar-refractivity contribution in [2.45, 2.75) is 31.7 Å². The molecule has 0 radical (unpaired) electrons. The molecular formula is C19H27N3O3. The lowest BCUT2D eigenvalue weighted by atomic mass is 9.96. The third-order valence-electron chi connectivity index (χ3n) is 5.43. The molecule has 3 rings (SSSR count). The van der Waals surface area contributed by atoms with Gasteiger partial charge < -0.3 is 15.4 Å². The van der Waals surface area contributed by atoms with E-state index in [0.29, 0.717) is 32.5 Å². The van der Waals surface area contributed by atoms with Gasteiger partial charge in [0.1, 0.15) is 5.75 Å². The largest absolute Gasteiger partial charge is 0.497 e. The van der Waals surface area contributed by atoms with Crippen LogP contribution < -0.4 is 10.5 Å². The van der Waals surface area contributed by atoms with Crippen molar-refractivity contribution < 1.29 is 14.3 Å². The summed E-state index contributed by atoms with van der Waals surface area (Å²) in [7, 11) is 1.67. The molecule has 2 N–H and O–H groups in total. The molecule has 0 aromatic heterocycles. The SMILES string of the molecule is COc1cccc(C2CCCN2CC(=O)N2CCC(C(N)=O)CC2)c1. The minimum Gasteiger partial charge on any atom is -0.497 e. The summed E-state index contributed by atoms with van der Waals surface area (Å²) in [6, 6.07) is 8.38. The average Bonchev–Trinajstić information content (AvgIpc) is 3.10.